The number of rotatable bonds is 36. The van der Waals surface area contributed by atoms with Crippen LogP contribution in [-0.2, 0) is 0 Å². The van der Waals surface area contributed by atoms with E-state index < -0.39 is 28.5 Å². The molecule has 0 aliphatic carbocycles. The van der Waals surface area contributed by atoms with Gasteiger partial charge in [0.1, 0.15) is 0 Å². The Balaban J connectivity index is -0.000000168. The highest BCUT2D eigenvalue weighted by atomic mass is 16.4. The van der Waals surface area contributed by atoms with Crippen molar-refractivity contribution in [3.05, 3.63) is 121 Å². The van der Waals surface area contributed by atoms with Crippen LogP contribution < -0.4 is 62.0 Å². The number of hydrogen-bond donors (Lipinski definition) is 0. The molecule has 0 unspecified atom stereocenters. The summed E-state index contributed by atoms with van der Waals surface area (Å²) >= 11 is 0. The smallest absolute Gasteiger partial charge is 0.0757 e. The fourth-order valence-corrected chi connectivity index (χ4v) is 13.2. The van der Waals surface area contributed by atoms with Crippen molar-refractivity contribution in [2.75, 3.05) is 209 Å². The largest absolute Gasteiger partial charge is 0.889 e. The molecule has 0 N–H and O–H groups in total. The van der Waals surface area contributed by atoms with Crippen LogP contribution in [-0.4, -0.2) is 274 Å². The van der Waals surface area contributed by atoms with E-state index in [1.165, 1.54) is 294 Å². The second-order valence-corrected chi connectivity index (χ2v) is 27.8. The van der Waals surface area contributed by atoms with Crippen molar-refractivity contribution in [1.29, 1.82) is 0 Å². The third-order valence-electron chi connectivity index (χ3n) is 25.8. The number of quaternary nitrogens is 8. The van der Waals surface area contributed by atoms with Crippen LogP contribution >= 0.6 is 0 Å². The van der Waals surface area contributed by atoms with Gasteiger partial charge in [-0.25, -0.2) is 0 Å². The molecule has 0 aliphatic heterocycles. The van der Waals surface area contributed by atoms with Gasteiger partial charge in [0.15, 0.2) is 0 Å². The van der Waals surface area contributed by atoms with Crippen LogP contribution in [0.5, 0.6) is 0 Å². The summed E-state index contributed by atoms with van der Waals surface area (Å²) in [6.45, 7) is 114. The maximum Gasteiger partial charge on any atom is 0.0757 e. The van der Waals surface area contributed by atoms with Gasteiger partial charge in [0.2, 0.25) is 0 Å². The third kappa shape index (κ3) is 53.5. The lowest BCUT2D eigenvalue weighted by atomic mass is 9.81. The van der Waals surface area contributed by atoms with E-state index in [2.05, 4.69) is 222 Å². The fraction of sp³-hybridized carbons (Fsp3) is 0.727. The molecule has 0 aromatic heterocycles. The van der Waals surface area contributed by atoms with E-state index in [1.54, 1.807) is 72.8 Å². The van der Waals surface area contributed by atoms with E-state index in [1.807, 2.05) is 0 Å². The van der Waals surface area contributed by atoms with E-state index in [4.69, 9.17) is 0 Å². The van der Waals surface area contributed by atoms with Crippen LogP contribution in [0, 0.1) is 0 Å². The molecule has 0 heterocycles. The van der Waals surface area contributed by atoms with Gasteiger partial charge in [-0.15, -0.1) is 21.9 Å². The van der Waals surface area contributed by atoms with Gasteiger partial charge in [-0.2, -0.15) is 0 Å². The minimum Gasteiger partial charge on any atom is -0.889 e. The monoisotopic (exact) mass is 1520 g/mol. The van der Waals surface area contributed by atoms with Crippen LogP contribution in [0.4, 0.5) is 0 Å². The summed E-state index contributed by atoms with van der Waals surface area (Å²) in [4.78, 5) is 0. The highest BCUT2D eigenvalue weighted by Gasteiger charge is 2.21. The normalized spacial score (nSPS) is 11.0. The molecular weight excluding hydrogens is 1340 g/mol. The number of benzene rings is 4. The molecule has 4 aromatic rings. The molecule has 4 rings (SSSR count). The van der Waals surface area contributed by atoms with Crippen molar-refractivity contribution in [3.63, 3.8) is 0 Å². The fourth-order valence-electron chi connectivity index (χ4n) is 13.2. The molecule has 0 saturated carbocycles. The lowest BCUT2D eigenvalue weighted by Crippen LogP contribution is -2.55. The van der Waals surface area contributed by atoms with Gasteiger partial charge in [-0.05, 0) is 222 Å². The SMILES string of the molecule is CC[N+](CC)(CC)CC.CC[N+](CC)(CC)CC.CC[N+](CC)(CC)CC.CC[N+](CC)(CC)CC.CC[N+](CC)(CC)CC.CC[N+](CC)(CC)CC.CC[N+](CC)(CC)CC.CC[N+](CC)(CC)CC.[O-]B([O-])c1ccccc1.[O-]B([O-])c1ccccc1.[O-]B([O-])c1ccccc1.[O-]B([O-])c1ccccc1. The van der Waals surface area contributed by atoms with Crippen LogP contribution in [0.15, 0.2) is 121 Å². The second-order valence-electron chi connectivity index (χ2n) is 27.8. The predicted molar refractivity (Wildman–Crippen MR) is 467 cm³/mol. The van der Waals surface area contributed by atoms with Crippen LogP contribution in [0.25, 0.3) is 0 Å². The summed E-state index contributed by atoms with van der Waals surface area (Å²) in [6.07, 6.45) is 0. The third-order valence-corrected chi connectivity index (χ3v) is 25.8. The van der Waals surface area contributed by atoms with Crippen molar-refractivity contribution < 1.29 is 76.1 Å². The predicted octanol–water partition coefficient (Wildman–Crippen LogP) is 7.47. The van der Waals surface area contributed by atoms with Crippen molar-refractivity contribution in [2.24, 2.45) is 0 Å². The minimum atomic E-state index is -1.84. The quantitative estimate of drug-likeness (QED) is 0.0332. The summed E-state index contributed by atoms with van der Waals surface area (Å²) < 4.78 is 10.2. The maximum atomic E-state index is 10.2. The minimum absolute atomic E-state index is 0.303. The van der Waals surface area contributed by atoms with Crippen molar-refractivity contribution in [3.8, 4) is 0 Å². The Hall–Kier alpha value is -3.50. The lowest BCUT2D eigenvalue weighted by Gasteiger charge is -2.34. The number of nitrogens with zero attached hydrogens (tertiary/aromatic N) is 8. The van der Waals surface area contributed by atoms with Crippen LogP contribution in [0.2, 0.25) is 0 Å². The molecule has 16 nitrogen and oxygen atoms in total. The first-order chi connectivity index (χ1) is 51.2. The molecule has 0 spiro atoms. The Morgan fingerprint density at radius 2 is 0.204 bits per heavy atom. The highest BCUT2D eigenvalue weighted by molar-refractivity contribution is 6.56. The van der Waals surface area contributed by atoms with Gasteiger partial charge >= 0.3 is 0 Å². The Morgan fingerprint density at radius 1 is 0.139 bits per heavy atom. The van der Waals surface area contributed by atoms with E-state index in [-0.39, 0.29) is 0 Å². The Kier molecular flexibility index (Phi) is 83.4. The maximum absolute atomic E-state index is 10.2. The molecule has 20 heteroatoms. The standard InChI is InChI=1S/8C8H20N.4C6H5BO2/c8*1-5-9(6-2,7-3)8-4;4*8-7(9)6-4-2-1-3-5-6/h8*5-8H2,1-4H3;4*1-5H/q8*+1;4*-2. The van der Waals surface area contributed by atoms with Gasteiger partial charge in [-0.1, -0.05) is 150 Å². The van der Waals surface area contributed by atoms with Crippen LogP contribution in [0.3, 0.4) is 0 Å². The number of hydrogen-bond acceptors (Lipinski definition) is 8. The van der Waals surface area contributed by atoms with Gasteiger partial charge in [0, 0.05) is 0 Å². The Labute approximate surface area is 675 Å². The first-order valence-electron chi connectivity index (χ1n) is 43.4. The van der Waals surface area contributed by atoms with Crippen molar-refractivity contribution in [2.45, 2.75) is 222 Å². The molecular formula is C88H180B4N8O8. The van der Waals surface area contributed by atoms with Gasteiger partial charge < -0.3 is 76.1 Å². The van der Waals surface area contributed by atoms with Gasteiger partial charge in [0.05, 0.1) is 209 Å². The summed E-state index contributed by atoms with van der Waals surface area (Å²) in [5, 5.41) is 81.4. The molecule has 108 heavy (non-hydrogen) atoms. The van der Waals surface area contributed by atoms with Crippen molar-refractivity contribution in [1.82, 2.24) is 0 Å². The molecule has 0 amide bonds. The molecule has 0 fully saturated rings. The molecule has 0 saturated heterocycles. The molecule has 4 aromatic carbocycles. The Morgan fingerprint density at radius 3 is 0.231 bits per heavy atom. The molecule has 0 atom stereocenters. The van der Waals surface area contributed by atoms with Gasteiger partial charge in [0.25, 0.3) is 0 Å². The first kappa shape index (κ1) is 120. The average molecular weight is 1520 g/mol. The molecule has 632 valence electrons. The molecule has 0 bridgehead atoms. The molecule has 0 aliphatic rings. The second kappa shape index (κ2) is 74.9. The highest BCUT2D eigenvalue weighted by Crippen LogP contribution is 2.09. The van der Waals surface area contributed by atoms with E-state index in [0.717, 1.165) is 0 Å². The van der Waals surface area contributed by atoms with E-state index in [0.29, 0.717) is 21.9 Å². The summed E-state index contributed by atoms with van der Waals surface area (Å²) in [5.74, 6) is 0. The zero-order valence-corrected chi connectivity index (χ0v) is 77.3. The summed E-state index contributed by atoms with van der Waals surface area (Å²) in [6, 6.07) is 32.8. The zero-order valence-electron chi connectivity index (χ0n) is 77.3. The summed E-state index contributed by atoms with van der Waals surface area (Å²) in [7, 11) is -7.37. The summed E-state index contributed by atoms with van der Waals surface area (Å²) in [5.41, 5.74) is 1.21. The first-order valence-corrected chi connectivity index (χ1v) is 43.4. The topological polar surface area (TPSA) is 184 Å². The van der Waals surface area contributed by atoms with Gasteiger partial charge in [-0.3, -0.25) is 0 Å². The zero-order chi connectivity index (χ0) is 85.4. The van der Waals surface area contributed by atoms with Crippen LogP contribution in [0.1, 0.15) is 222 Å². The average Bonchev–Trinajstić information content (AvgIpc) is 0.926. The molecule has 0 radical (unpaired) electrons. The van der Waals surface area contributed by atoms with E-state index in [9.17, 15) is 40.2 Å². The lowest BCUT2D eigenvalue weighted by molar-refractivity contribution is -0.921. The van der Waals surface area contributed by atoms with E-state index >= 15 is 0 Å². The van der Waals surface area contributed by atoms with Crippen molar-refractivity contribution >= 4 is 50.3 Å². The Bertz CT molecular complexity index is 1850.